The zero-order valence-electron chi connectivity index (χ0n) is 15.5. The topological polar surface area (TPSA) is 31.6 Å². The lowest BCUT2D eigenvalue weighted by molar-refractivity contribution is 0.810. The van der Waals surface area contributed by atoms with Crippen LogP contribution in [0.1, 0.15) is 30.4 Å². The highest BCUT2D eigenvalue weighted by atomic mass is 79.9. The molecule has 0 amide bonds. The van der Waals surface area contributed by atoms with Gasteiger partial charge in [-0.25, -0.2) is 0 Å². The number of nitrogens with one attached hydrogen (secondary N) is 2. The summed E-state index contributed by atoms with van der Waals surface area (Å²) in [6.07, 6.45) is 10.3. The van der Waals surface area contributed by atoms with Gasteiger partial charge in [-0.1, -0.05) is 68.3 Å². The summed E-state index contributed by atoms with van der Waals surface area (Å²) in [5, 5.41) is 4.92. The minimum Gasteiger partial charge on any atom is -0.361 e. The summed E-state index contributed by atoms with van der Waals surface area (Å²) >= 11 is 6.90. The lowest BCUT2D eigenvalue weighted by atomic mass is 10.1. The molecule has 0 saturated carbocycles. The average Bonchev–Trinajstić information content (AvgIpc) is 3.31. The zero-order valence-corrected chi connectivity index (χ0v) is 18.7. The molecule has 2 aromatic carbocycles. The number of aromatic amines is 2. The van der Waals surface area contributed by atoms with Crippen molar-refractivity contribution in [3.05, 3.63) is 72.1 Å². The summed E-state index contributed by atoms with van der Waals surface area (Å²) in [5.41, 5.74) is 5.37. The van der Waals surface area contributed by atoms with Gasteiger partial charge in [0.15, 0.2) is 0 Å². The van der Waals surface area contributed by atoms with Gasteiger partial charge in [0.2, 0.25) is 0 Å². The summed E-state index contributed by atoms with van der Waals surface area (Å²) < 4.78 is 0. The summed E-state index contributed by atoms with van der Waals surface area (Å²) in [4.78, 5) is 6.59. The molecule has 27 heavy (non-hydrogen) atoms. The van der Waals surface area contributed by atoms with E-state index in [1.165, 1.54) is 58.6 Å². The summed E-state index contributed by atoms with van der Waals surface area (Å²) in [5.74, 6) is 0. The molecule has 2 N–H and O–H groups in total. The van der Waals surface area contributed by atoms with E-state index in [-0.39, 0.29) is 0 Å². The number of hydrogen-bond donors (Lipinski definition) is 2. The van der Waals surface area contributed by atoms with E-state index in [0.29, 0.717) is 0 Å². The number of halogens is 2. The highest BCUT2D eigenvalue weighted by Gasteiger charge is 2.02. The predicted octanol–water partition coefficient (Wildman–Crippen LogP) is 7.38. The number of benzene rings is 2. The molecular weight excluding hydrogens is 464 g/mol. The fraction of sp³-hybridized carbons (Fsp3) is 0.304. The lowest BCUT2D eigenvalue weighted by Gasteiger charge is -1.97. The van der Waals surface area contributed by atoms with Crippen molar-refractivity contribution in [2.75, 3.05) is 10.7 Å². The van der Waals surface area contributed by atoms with Crippen LogP contribution in [0.5, 0.6) is 0 Å². The van der Waals surface area contributed by atoms with Crippen molar-refractivity contribution in [1.29, 1.82) is 0 Å². The predicted molar refractivity (Wildman–Crippen MR) is 125 cm³/mol. The van der Waals surface area contributed by atoms with E-state index in [1.807, 2.05) is 0 Å². The normalized spacial score (nSPS) is 10.9. The second-order valence-corrected chi connectivity index (χ2v) is 8.24. The number of para-hydroxylation sites is 2. The Bertz CT molecular complexity index is 955. The maximum atomic E-state index is 3.46. The van der Waals surface area contributed by atoms with Crippen molar-refractivity contribution in [2.45, 2.75) is 32.1 Å². The maximum Gasteiger partial charge on any atom is 0.0456 e. The number of aryl methyl sites for hydroxylation is 2. The number of rotatable bonds is 7. The number of hydrogen-bond acceptors (Lipinski definition) is 0. The number of fused-ring (bicyclic) bond motifs is 2. The Morgan fingerprint density at radius 1 is 0.593 bits per heavy atom. The highest BCUT2D eigenvalue weighted by molar-refractivity contribution is 9.09. The number of H-pyrrole nitrogens is 2. The molecule has 0 fully saturated rings. The first-order chi connectivity index (χ1) is 13.3. The molecule has 0 bridgehead atoms. The van der Waals surface area contributed by atoms with Crippen molar-refractivity contribution in [2.24, 2.45) is 0 Å². The van der Waals surface area contributed by atoms with Crippen LogP contribution in [0, 0.1) is 0 Å². The molecule has 0 unspecified atom stereocenters. The van der Waals surface area contributed by atoms with Crippen molar-refractivity contribution >= 4 is 53.7 Å². The molecule has 0 aliphatic carbocycles. The van der Waals surface area contributed by atoms with Crippen molar-refractivity contribution in [1.82, 2.24) is 9.97 Å². The molecule has 4 rings (SSSR count). The summed E-state index contributed by atoms with van der Waals surface area (Å²) in [7, 11) is 0. The molecule has 4 aromatic rings. The monoisotopic (exact) mass is 488 g/mol. The lowest BCUT2D eigenvalue weighted by Crippen LogP contribution is -1.83. The van der Waals surface area contributed by atoms with Crippen LogP contribution in [0.2, 0.25) is 0 Å². The van der Waals surface area contributed by atoms with E-state index in [0.717, 1.165) is 17.1 Å². The molecule has 0 aliphatic rings. The molecule has 0 atom stereocenters. The fourth-order valence-corrected chi connectivity index (χ4v) is 4.02. The van der Waals surface area contributed by atoms with Gasteiger partial charge >= 0.3 is 0 Å². The Labute approximate surface area is 178 Å². The Hall–Kier alpha value is -1.52. The third kappa shape index (κ3) is 5.49. The quantitative estimate of drug-likeness (QED) is 0.200. The largest absolute Gasteiger partial charge is 0.361 e. The molecule has 0 radical (unpaired) electrons. The van der Waals surface area contributed by atoms with Crippen LogP contribution in [-0.2, 0) is 12.8 Å². The molecule has 0 aliphatic heterocycles. The number of alkyl halides is 2. The van der Waals surface area contributed by atoms with Gasteiger partial charge in [0.05, 0.1) is 0 Å². The molecule has 0 saturated heterocycles. The van der Waals surface area contributed by atoms with E-state index in [1.54, 1.807) is 0 Å². The second-order valence-electron chi connectivity index (χ2n) is 6.66. The molecule has 2 nitrogen and oxygen atoms in total. The van der Waals surface area contributed by atoms with Crippen LogP contribution in [0.25, 0.3) is 21.8 Å². The van der Waals surface area contributed by atoms with Crippen molar-refractivity contribution in [3.8, 4) is 0 Å². The molecule has 2 heterocycles. The third-order valence-corrected chi connectivity index (χ3v) is 5.88. The smallest absolute Gasteiger partial charge is 0.0456 e. The van der Waals surface area contributed by atoms with Crippen LogP contribution in [-0.4, -0.2) is 20.6 Å². The Kier molecular flexibility index (Phi) is 8.03. The van der Waals surface area contributed by atoms with E-state index >= 15 is 0 Å². The Morgan fingerprint density at radius 2 is 1.07 bits per heavy atom. The average molecular weight is 490 g/mol. The molecule has 142 valence electrons. The first-order valence-electron chi connectivity index (χ1n) is 9.55. The van der Waals surface area contributed by atoms with Gasteiger partial charge in [-0.05, 0) is 55.4 Å². The Balaban J connectivity index is 0.000000156. The van der Waals surface area contributed by atoms with Gasteiger partial charge < -0.3 is 9.97 Å². The standard InChI is InChI=1S/C12H14BrN.C11H12BrN/c13-8-4-3-5-10-9-14-12-7-2-1-6-11(10)12;12-7-3-4-9-8-13-11-6-2-1-5-10(9)11/h1-2,6-7,9,14H,3-5,8H2;1-2,5-6,8,13H,3-4,7H2. The van der Waals surface area contributed by atoms with Crippen LogP contribution >= 0.6 is 31.9 Å². The fourth-order valence-electron chi connectivity index (χ4n) is 3.34. The second kappa shape index (κ2) is 10.7. The van der Waals surface area contributed by atoms with Gasteiger partial charge in [0.1, 0.15) is 0 Å². The van der Waals surface area contributed by atoms with E-state index in [2.05, 4.69) is 103 Å². The summed E-state index contributed by atoms with van der Waals surface area (Å²) in [6.45, 7) is 0. The van der Waals surface area contributed by atoms with E-state index < -0.39 is 0 Å². The zero-order chi connectivity index (χ0) is 18.9. The number of aromatic nitrogens is 2. The van der Waals surface area contributed by atoms with Gasteiger partial charge in [-0.15, -0.1) is 0 Å². The van der Waals surface area contributed by atoms with Gasteiger partial charge in [-0.2, -0.15) is 0 Å². The Morgan fingerprint density at radius 3 is 1.59 bits per heavy atom. The van der Waals surface area contributed by atoms with Gasteiger partial charge in [0.25, 0.3) is 0 Å². The van der Waals surface area contributed by atoms with Gasteiger partial charge in [0, 0.05) is 44.9 Å². The first kappa shape index (κ1) is 20.2. The highest BCUT2D eigenvalue weighted by Crippen LogP contribution is 2.20. The van der Waals surface area contributed by atoms with E-state index in [4.69, 9.17) is 0 Å². The molecule has 2 aromatic heterocycles. The molecular formula is C23H26Br2N2. The minimum atomic E-state index is 1.08. The van der Waals surface area contributed by atoms with Crippen LogP contribution < -0.4 is 0 Å². The molecule has 0 spiro atoms. The van der Waals surface area contributed by atoms with Crippen LogP contribution in [0.15, 0.2) is 60.9 Å². The third-order valence-electron chi connectivity index (χ3n) is 4.76. The van der Waals surface area contributed by atoms with Crippen molar-refractivity contribution in [3.63, 3.8) is 0 Å². The summed E-state index contributed by atoms with van der Waals surface area (Å²) in [6, 6.07) is 16.9. The SMILES string of the molecule is BrCCCCc1c[nH]c2ccccc12.BrCCCc1c[nH]c2ccccc12. The van der Waals surface area contributed by atoms with Gasteiger partial charge in [-0.3, -0.25) is 0 Å². The maximum absolute atomic E-state index is 3.46. The minimum absolute atomic E-state index is 1.08. The number of unbranched alkanes of at least 4 members (excludes halogenated alkanes) is 1. The van der Waals surface area contributed by atoms with Crippen LogP contribution in [0.3, 0.4) is 0 Å². The van der Waals surface area contributed by atoms with E-state index in [9.17, 15) is 0 Å². The van der Waals surface area contributed by atoms with Crippen LogP contribution in [0.4, 0.5) is 0 Å². The van der Waals surface area contributed by atoms with Crippen molar-refractivity contribution < 1.29 is 0 Å². The first-order valence-corrected chi connectivity index (χ1v) is 11.8. The molecule has 4 heteroatoms.